The number of benzene rings is 2. The predicted molar refractivity (Wildman–Crippen MR) is 175 cm³/mol. The Bertz CT molecular complexity index is 1510. The first-order valence-corrected chi connectivity index (χ1v) is 18.1. The molecule has 2 fully saturated rings. The van der Waals surface area contributed by atoms with Crippen molar-refractivity contribution in [3.8, 4) is 5.75 Å². The summed E-state index contributed by atoms with van der Waals surface area (Å²) in [6.45, 7) is 4.37. The molecule has 0 radical (unpaired) electrons. The van der Waals surface area contributed by atoms with Gasteiger partial charge in [-0.2, -0.15) is 12.7 Å². The Morgan fingerprint density at radius 2 is 1.93 bits per heavy atom. The van der Waals surface area contributed by atoms with Gasteiger partial charge in [-0.05, 0) is 112 Å². The fourth-order valence-corrected chi connectivity index (χ4v) is 8.63. The first-order chi connectivity index (χ1) is 21.7. The summed E-state index contributed by atoms with van der Waals surface area (Å²) in [5.41, 5.74) is 3.23. The quantitative estimate of drug-likeness (QED) is 0.425. The second kappa shape index (κ2) is 14.0. The van der Waals surface area contributed by atoms with Gasteiger partial charge >= 0.3 is 10.2 Å². The van der Waals surface area contributed by atoms with E-state index in [-0.39, 0.29) is 30.0 Å². The van der Waals surface area contributed by atoms with Crippen LogP contribution < -0.4 is 14.4 Å². The maximum absolute atomic E-state index is 13.7. The van der Waals surface area contributed by atoms with Gasteiger partial charge in [-0.3, -0.25) is 4.79 Å². The Morgan fingerprint density at radius 3 is 2.71 bits per heavy atom. The zero-order valence-corrected chi connectivity index (χ0v) is 27.4. The number of hydrogen-bond acceptors (Lipinski definition) is 7. The summed E-state index contributed by atoms with van der Waals surface area (Å²) in [4.78, 5) is 15.9. The van der Waals surface area contributed by atoms with Gasteiger partial charge in [-0.1, -0.05) is 29.8 Å². The molecule has 1 aliphatic carbocycles. The van der Waals surface area contributed by atoms with E-state index in [1.165, 1.54) is 9.87 Å². The van der Waals surface area contributed by atoms with E-state index in [0.29, 0.717) is 37.0 Å². The van der Waals surface area contributed by atoms with Gasteiger partial charge in [0.05, 0.1) is 17.9 Å². The lowest BCUT2D eigenvalue weighted by Crippen LogP contribution is -2.50. The summed E-state index contributed by atoms with van der Waals surface area (Å²) < 4.78 is 43.4. The Labute approximate surface area is 271 Å². The molecule has 11 heteroatoms. The van der Waals surface area contributed by atoms with Crippen LogP contribution in [0.5, 0.6) is 5.75 Å². The third kappa shape index (κ3) is 7.52. The molecule has 2 bridgehead atoms. The number of anilines is 1. The molecule has 1 saturated carbocycles. The molecule has 244 valence electrons. The maximum atomic E-state index is 13.7. The molecule has 3 aliphatic heterocycles. The van der Waals surface area contributed by atoms with Crippen LogP contribution in [0.4, 0.5) is 5.69 Å². The summed E-state index contributed by atoms with van der Waals surface area (Å²) in [5, 5.41) is 11.9. The van der Waals surface area contributed by atoms with Crippen molar-refractivity contribution in [3.63, 3.8) is 0 Å². The Morgan fingerprint density at radius 1 is 1.07 bits per heavy atom. The maximum Gasteiger partial charge on any atom is 0.304 e. The number of amides is 1. The van der Waals surface area contributed by atoms with Crippen LogP contribution in [0.15, 0.2) is 48.6 Å². The monoisotopic (exact) mass is 657 g/mol. The summed E-state index contributed by atoms with van der Waals surface area (Å²) in [7, 11) is -4.21. The second-order valence-corrected chi connectivity index (χ2v) is 15.0. The van der Waals surface area contributed by atoms with E-state index in [4.69, 9.17) is 21.1 Å². The van der Waals surface area contributed by atoms with Gasteiger partial charge < -0.3 is 19.5 Å². The van der Waals surface area contributed by atoms with E-state index in [1.54, 1.807) is 18.2 Å². The van der Waals surface area contributed by atoms with Crippen LogP contribution >= 0.6 is 11.6 Å². The highest BCUT2D eigenvalue weighted by Gasteiger charge is 2.38. The van der Waals surface area contributed by atoms with Crippen molar-refractivity contribution in [1.82, 2.24) is 9.03 Å². The molecule has 6 rings (SSSR count). The third-order valence-corrected chi connectivity index (χ3v) is 11.7. The fraction of sp³-hybridized carbons (Fsp3) is 0.559. The number of hydrogen-bond donors (Lipinski definition) is 2. The standard InChI is InChI=1S/C34H44ClN3O6S/c1-23-6-4-9-32(39)30-14-11-26(30)20-37-16-3-2-7-24-18-28(35)13-10-27(24)22-44-33-15-12-25(19-31(33)37)34(40)36-45(41,42)38(23)21-29-8-5-17-43-29/h4,9-10,12-13,15,18-19,23,26,29-30,32,39H,2-3,5-8,11,14,16-17,20-22H2,1H3,(H,36,40)/b9-4+/t23-,26-,29+,30+,32?/m0/s1. The third-order valence-electron chi connectivity index (χ3n) is 9.85. The van der Waals surface area contributed by atoms with Crippen molar-refractivity contribution >= 4 is 33.4 Å². The second-order valence-electron chi connectivity index (χ2n) is 12.9. The van der Waals surface area contributed by atoms with Crippen LogP contribution in [0.2, 0.25) is 5.02 Å². The summed E-state index contributed by atoms with van der Waals surface area (Å²) in [6.07, 6.45) is 9.59. The molecule has 45 heavy (non-hydrogen) atoms. The lowest BCUT2D eigenvalue weighted by molar-refractivity contribution is 0.0460. The number of aliphatic hydroxyl groups is 1. The number of carbonyl (C=O) groups is 1. The van der Waals surface area contributed by atoms with Gasteiger partial charge in [-0.25, -0.2) is 4.72 Å². The molecule has 1 saturated heterocycles. The van der Waals surface area contributed by atoms with Gasteiger partial charge in [0.1, 0.15) is 12.4 Å². The lowest BCUT2D eigenvalue weighted by Gasteiger charge is -2.42. The minimum atomic E-state index is -4.21. The zero-order valence-electron chi connectivity index (χ0n) is 25.9. The minimum Gasteiger partial charge on any atom is -0.487 e. The van der Waals surface area contributed by atoms with Crippen molar-refractivity contribution in [3.05, 3.63) is 70.3 Å². The molecule has 3 heterocycles. The van der Waals surface area contributed by atoms with Crippen molar-refractivity contribution < 1.29 is 27.8 Å². The topological polar surface area (TPSA) is 108 Å². The minimum absolute atomic E-state index is 0.108. The normalized spacial score (nSPS) is 30.1. The molecule has 2 aromatic rings. The molecular weight excluding hydrogens is 614 g/mol. The SMILES string of the molecule is C[C@H]1C/C=C/C(O)[C@@H]2CC[C@H]2CN2CCCCc3cc(Cl)ccc3COc3ccc(cc32)C(=O)NS(=O)(=O)N1C[C@H]1CCCO1. The van der Waals surface area contributed by atoms with Crippen LogP contribution in [0.3, 0.4) is 0 Å². The molecular formula is C34H44ClN3O6S. The number of nitrogens with zero attached hydrogens (tertiary/aromatic N) is 2. The molecule has 9 nitrogen and oxygen atoms in total. The lowest BCUT2D eigenvalue weighted by atomic mass is 9.70. The van der Waals surface area contributed by atoms with E-state index in [0.717, 1.165) is 62.7 Å². The number of halogens is 1. The van der Waals surface area contributed by atoms with Crippen LogP contribution in [0.25, 0.3) is 0 Å². The van der Waals surface area contributed by atoms with Crippen molar-refractivity contribution in [1.29, 1.82) is 0 Å². The smallest absolute Gasteiger partial charge is 0.304 e. The number of rotatable bonds is 2. The Kier molecular flexibility index (Phi) is 10.1. The number of aliphatic hydroxyl groups excluding tert-OH is 1. The van der Waals surface area contributed by atoms with Crippen molar-refractivity contribution in [2.45, 2.75) is 83.1 Å². The Hall–Kier alpha value is -2.63. The van der Waals surface area contributed by atoms with Crippen LogP contribution in [-0.2, 0) is 28.0 Å². The average molecular weight is 658 g/mol. The van der Waals surface area contributed by atoms with Crippen LogP contribution in [0.1, 0.15) is 73.4 Å². The van der Waals surface area contributed by atoms with Crippen LogP contribution in [0, 0.1) is 11.8 Å². The first-order valence-electron chi connectivity index (χ1n) is 16.3. The fourth-order valence-electron chi connectivity index (χ4n) is 7.05. The zero-order chi connectivity index (χ0) is 31.6. The molecule has 2 aromatic carbocycles. The first kappa shape index (κ1) is 32.3. The van der Waals surface area contributed by atoms with Crippen molar-refractivity contribution in [2.24, 2.45) is 11.8 Å². The summed E-state index contributed by atoms with van der Waals surface area (Å²) >= 11 is 6.32. The highest BCUT2D eigenvalue weighted by atomic mass is 35.5. The van der Waals surface area contributed by atoms with E-state index < -0.39 is 28.3 Å². The molecule has 0 spiro atoms. The predicted octanol–water partition coefficient (Wildman–Crippen LogP) is 5.25. The van der Waals surface area contributed by atoms with Crippen LogP contribution in [-0.4, -0.2) is 68.2 Å². The van der Waals surface area contributed by atoms with E-state index >= 15 is 0 Å². The number of ether oxygens (including phenoxy) is 2. The largest absolute Gasteiger partial charge is 0.487 e. The molecule has 1 amide bonds. The number of fused-ring (bicyclic) bond motifs is 3. The summed E-state index contributed by atoms with van der Waals surface area (Å²) in [5.74, 6) is 0.328. The molecule has 0 aromatic heterocycles. The van der Waals surface area contributed by atoms with Gasteiger partial charge in [0, 0.05) is 42.9 Å². The highest BCUT2D eigenvalue weighted by molar-refractivity contribution is 7.87. The molecule has 2 N–H and O–H groups in total. The van der Waals surface area contributed by atoms with Gasteiger partial charge in [0.15, 0.2) is 0 Å². The summed E-state index contributed by atoms with van der Waals surface area (Å²) in [6, 6.07) is 10.6. The molecule has 4 aliphatic rings. The highest BCUT2D eigenvalue weighted by Crippen LogP contribution is 2.41. The van der Waals surface area contributed by atoms with Gasteiger partial charge in [-0.15, -0.1) is 0 Å². The molecule has 5 atom stereocenters. The van der Waals surface area contributed by atoms with E-state index in [9.17, 15) is 18.3 Å². The van der Waals surface area contributed by atoms with Gasteiger partial charge in [0.2, 0.25) is 0 Å². The van der Waals surface area contributed by atoms with Gasteiger partial charge in [0.25, 0.3) is 5.91 Å². The molecule has 1 unspecified atom stereocenters. The number of nitrogens with one attached hydrogen (secondary N) is 1. The average Bonchev–Trinajstić information content (AvgIpc) is 3.50. The van der Waals surface area contributed by atoms with E-state index in [2.05, 4.69) is 9.62 Å². The number of aryl methyl sites for hydroxylation is 1. The number of carbonyl (C=O) groups excluding carboxylic acids is 1. The van der Waals surface area contributed by atoms with E-state index in [1.807, 2.05) is 37.3 Å². The van der Waals surface area contributed by atoms with Crippen molar-refractivity contribution in [2.75, 3.05) is 31.1 Å². The Balaban J connectivity index is 1.36.